The van der Waals surface area contributed by atoms with E-state index in [1.807, 2.05) is 52.8 Å². The number of aryl methyl sites for hydroxylation is 1. The quantitative estimate of drug-likeness (QED) is 0.343. The van der Waals surface area contributed by atoms with Crippen molar-refractivity contribution in [1.29, 1.82) is 0 Å². The molecule has 11 heteroatoms. The minimum atomic E-state index is -1.22. The highest BCUT2D eigenvalue weighted by atomic mass is 16.5. The third kappa shape index (κ3) is 7.59. The fourth-order valence-electron chi connectivity index (χ4n) is 3.90. The number of hydrogen-bond donors (Lipinski definition) is 3. The molecule has 1 unspecified atom stereocenters. The fraction of sp³-hybridized carbons (Fsp3) is 0.370. The Morgan fingerprint density at radius 2 is 1.82 bits per heavy atom. The predicted molar refractivity (Wildman–Crippen MR) is 147 cm³/mol. The molecule has 3 N–H and O–H groups in total. The second-order valence-corrected chi connectivity index (χ2v) is 7.67. The van der Waals surface area contributed by atoms with Gasteiger partial charge in [-0.25, -0.2) is 4.98 Å². The van der Waals surface area contributed by atoms with Gasteiger partial charge in [0.15, 0.2) is 0 Å². The molecule has 0 fully saturated rings. The van der Waals surface area contributed by atoms with Crippen LogP contribution in [0.4, 0.5) is 5.95 Å². The highest BCUT2D eigenvalue weighted by Crippen LogP contribution is 2.33. The van der Waals surface area contributed by atoms with Gasteiger partial charge in [-0.15, -0.1) is 0 Å². The number of nitrogens with zero attached hydrogens (tertiary/aromatic N) is 2. The number of benzene rings is 2. The molecule has 0 saturated heterocycles. The van der Waals surface area contributed by atoms with Crippen LogP contribution in [0.25, 0.3) is 0 Å². The Bertz CT molecular complexity index is 1210. The summed E-state index contributed by atoms with van der Waals surface area (Å²) in [7, 11) is 1.98. The molecule has 0 amide bonds. The minimum Gasteiger partial charge on any atom is -0.497 e. The number of anilines is 1. The van der Waals surface area contributed by atoms with Crippen molar-refractivity contribution in [3.63, 3.8) is 0 Å². The number of nitrogens with one attached hydrogen (secondary N) is 1. The molecule has 38 heavy (non-hydrogen) atoms. The molecular weight excluding hydrogens is 489 g/mol. The van der Waals surface area contributed by atoms with Crippen molar-refractivity contribution < 1.29 is 33.8 Å². The average molecular weight is 525 g/mol. The zero-order valence-electron chi connectivity index (χ0n) is 22.9. The molecule has 2 aromatic carbocycles. The molecule has 2 heterocycles. The molecule has 204 valence electrons. The van der Waals surface area contributed by atoms with E-state index in [1.54, 1.807) is 38.6 Å². The number of aromatic nitrogens is 2. The van der Waals surface area contributed by atoms with Crippen molar-refractivity contribution in [3.05, 3.63) is 59.3 Å². The van der Waals surface area contributed by atoms with Gasteiger partial charge in [0.05, 0.1) is 26.7 Å². The molecule has 0 saturated carbocycles. The van der Waals surface area contributed by atoms with Crippen LogP contribution in [0.1, 0.15) is 56.9 Å². The molecule has 0 spiro atoms. The summed E-state index contributed by atoms with van der Waals surface area (Å²) in [6, 6.07) is 10.5. The molecule has 10 nitrogen and oxygen atoms in total. The number of aliphatic carboxylic acids is 1. The lowest BCUT2D eigenvalue weighted by molar-refractivity contribution is -0.138. The number of carboxylic acid groups (broad SMARTS) is 1. The summed E-state index contributed by atoms with van der Waals surface area (Å²) in [6.07, 6.45) is 0.624. The van der Waals surface area contributed by atoms with E-state index >= 15 is 0 Å². The first-order valence-electron chi connectivity index (χ1n) is 12.5. The van der Waals surface area contributed by atoms with E-state index < -0.39 is 19.2 Å². The summed E-state index contributed by atoms with van der Waals surface area (Å²) in [6.45, 7) is 10.2. The molecule has 1 aromatic heterocycles. The lowest BCUT2D eigenvalue weighted by Gasteiger charge is -2.14. The van der Waals surface area contributed by atoms with Crippen LogP contribution in [0.2, 0.25) is 0 Å². The first kappa shape index (κ1) is 30.4. The number of rotatable bonds is 9. The molecular formula is C27H36BN3O7. The van der Waals surface area contributed by atoms with Crippen LogP contribution >= 0.6 is 0 Å². The van der Waals surface area contributed by atoms with Gasteiger partial charge in [0.25, 0.3) is 0 Å². The van der Waals surface area contributed by atoms with Crippen LogP contribution in [0.15, 0.2) is 42.6 Å². The summed E-state index contributed by atoms with van der Waals surface area (Å²) < 4.78 is 22.0. The fourth-order valence-corrected chi connectivity index (χ4v) is 3.90. The second-order valence-electron chi connectivity index (χ2n) is 7.67. The summed E-state index contributed by atoms with van der Waals surface area (Å²) in [5.41, 5.74) is 2.78. The van der Waals surface area contributed by atoms with Crippen molar-refractivity contribution in [2.45, 2.75) is 53.7 Å². The van der Waals surface area contributed by atoms with Crippen LogP contribution in [0.3, 0.4) is 0 Å². The Morgan fingerprint density at radius 3 is 2.47 bits per heavy atom. The van der Waals surface area contributed by atoms with Crippen LogP contribution < -0.4 is 25.0 Å². The third-order valence-electron chi connectivity index (χ3n) is 5.41. The van der Waals surface area contributed by atoms with E-state index in [4.69, 9.17) is 24.0 Å². The maximum atomic E-state index is 11.1. The van der Waals surface area contributed by atoms with Crippen molar-refractivity contribution in [3.8, 4) is 23.1 Å². The van der Waals surface area contributed by atoms with Gasteiger partial charge in [-0.2, -0.15) is 4.98 Å². The Morgan fingerprint density at radius 1 is 1.08 bits per heavy atom. The number of carboxylic acids is 1. The van der Waals surface area contributed by atoms with Crippen molar-refractivity contribution in [2.24, 2.45) is 0 Å². The number of carbonyl (C=O) groups is 1. The minimum absolute atomic E-state index is 0.232. The maximum Gasteiger partial charge on any atom is 0.492 e. The van der Waals surface area contributed by atoms with Crippen LogP contribution in [-0.2, 0) is 16.0 Å². The number of hydrogen-bond acceptors (Lipinski definition) is 9. The Labute approximate surface area is 224 Å². The maximum absolute atomic E-state index is 11.1. The second kappa shape index (κ2) is 14.8. The van der Waals surface area contributed by atoms with Gasteiger partial charge in [0.2, 0.25) is 11.8 Å². The summed E-state index contributed by atoms with van der Waals surface area (Å²) >= 11 is 0. The van der Waals surface area contributed by atoms with Gasteiger partial charge in [0, 0.05) is 24.4 Å². The van der Waals surface area contributed by atoms with Crippen molar-refractivity contribution >= 4 is 24.5 Å². The van der Waals surface area contributed by atoms with E-state index in [1.165, 1.54) is 0 Å². The molecule has 3 aromatic rings. The zero-order valence-corrected chi connectivity index (χ0v) is 22.9. The average Bonchev–Trinajstić information content (AvgIpc) is 3.24. The van der Waals surface area contributed by atoms with Crippen molar-refractivity contribution in [2.75, 3.05) is 19.5 Å². The van der Waals surface area contributed by atoms with Crippen LogP contribution in [0, 0.1) is 6.92 Å². The van der Waals surface area contributed by atoms with E-state index in [0.29, 0.717) is 46.6 Å². The summed E-state index contributed by atoms with van der Waals surface area (Å²) in [4.78, 5) is 19.7. The van der Waals surface area contributed by atoms with Gasteiger partial charge in [-0.3, -0.25) is 4.79 Å². The molecule has 1 aliphatic heterocycles. The molecule has 0 radical (unpaired) electrons. The van der Waals surface area contributed by atoms with E-state index in [-0.39, 0.29) is 6.42 Å². The highest BCUT2D eigenvalue weighted by Gasteiger charge is 2.38. The van der Waals surface area contributed by atoms with Crippen LogP contribution in [0.5, 0.6) is 23.1 Å². The standard InChI is InChI=1S/C23H24BN3O7.2C2H6/c1-13-8-16(10-17-22(13)19(11-21(28)29)34-24(17)30)33-20-6-7-25-23(27-20)26-12-14-9-15(31-2)4-5-18(14)32-3;2*1-2/h4-10,19,30H,11-12H2,1-3H3,(H,28,29)(H,25,26,27);2*1-2H3. The molecule has 0 aliphatic carbocycles. The van der Waals surface area contributed by atoms with Gasteiger partial charge in [-0.05, 0) is 53.8 Å². The summed E-state index contributed by atoms with van der Waals surface area (Å²) in [5, 5.41) is 22.5. The highest BCUT2D eigenvalue weighted by molar-refractivity contribution is 6.62. The lowest BCUT2D eigenvalue weighted by atomic mass is 9.77. The number of ether oxygens (including phenoxy) is 3. The topological polar surface area (TPSA) is 132 Å². The zero-order chi connectivity index (χ0) is 28.2. The normalized spacial score (nSPS) is 13.3. The van der Waals surface area contributed by atoms with Gasteiger partial charge >= 0.3 is 13.1 Å². The van der Waals surface area contributed by atoms with Gasteiger partial charge in [0.1, 0.15) is 17.2 Å². The van der Waals surface area contributed by atoms with E-state index in [9.17, 15) is 9.82 Å². The number of methoxy groups -OCH3 is 2. The first-order chi connectivity index (χ1) is 18.4. The SMILES string of the molecule is CC.CC.COc1ccc(OC)c(CNc2nccc(Oc3cc(C)c4c(c3)B(O)OC4CC(=O)O)n2)c1. The lowest BCUT2D eigenvalue weighted by Crippen LogP contribution is -2.28. The van der Waals surface area contributed by atoms with Crippen LogP contribution in [-0.4, -0.2) is 47.4 Å². The Hall–Kier alpha value is -3.83. The van der Waals surface area contributed by atoms with E-state index in [0.717, 1.165) is 11.1 Å². The molecule has 1 atom stereocenters. The number of fused-ring (bicyclic) bond motifs is 1. The molecule has 1 aliphatic rings. The monoisotopic (exact) mass is 525 g/mol. The molecule has 0 bridgehead atoms. The largest absolute Gasteiger partial charge is 0.497 e. The van der Waals surface area contributed by atoms with E-state index in [2.05, 4.69) is 15.3 Å². The van der Waals surface area contributed by atoms with Crippen molar-refractivity contribution in [1.82, 2.24) is 9.97 Å². The summed E-state index contributed by atoms with van der Waals surface area (Å²) in [5.74, 6) is 1.50. The smallest absolute Gasteiger partial charge is 0.492 e. The Balaban J connectivity index is 0.00000121. The van der Waals surface area contributed by atoms with Gasteiger partial charge < -0.3 is 34.3 Å². The first-order valence-corrected chi connectivity index (χ1v) is 12.5. The predicted octanol–water partition coefficient (Wildman–Crippen LogP) is 4.49. The van der Waals surface area contributed by atoms with Gasteiger partial charge in [-0.1, -0.05) is 27.7 Å². The third-order valence-corrected chi connectivity index (χ3v) is 5.41. The molecule has 4 rings (SSSR count). The Kier molecular flexibility index (Phi) is 11.8.